The highest BCUT2D eigenvalue weighted by Crippen LogP contribution is 2.69. The molecule has 13 heteroatoms. The highest BCUT2D eigenvalue weighted by Gasteiger charge is 2.54. The average molecular weight is 1470 g/mol. The number of rotatable bonds is 26. The summed E-state index contributed by atoms with van der Waals surface area (Å²) in [6, 6.07) is 61.1. The van der Waals surface area contributed by atoms with Crippen LogP contribution in [0.1, 0.15) is 239 Å². The number of allylic oxidation sites excluding steroid dienone is 6. The Bertz CT molecular complexity index is 5710. The molecule has 528 valence electrons. The zero-order chi connectivity index (χ0) is 73.5. The molecule has 12 aromatic rings. The van der Waals surface area contributed by atoms with Crippen LogP contribution in [0, 0.1) is 35.8 Å². The Balaban J connectivity index is 1.01. The van der Waals surface area contributed by atoms with Gasteiger partial charge >= 0.3 is 0 Å². The van der Waals surface area contributed by atoms with E-state index in [-0.39, 0.29) is 23.0 Å². The van der Waals surface area contributed by atoms with E-state index in [0.717, 1.165) is 197 Å². The van der Waals surface area contributed by atoms with Crippen LogP contribution in [-0.4, -0.2) is 21.9 Å². The second-order valence-electron chi connectivity index (χ2n) is 29.1. The molecule has 4 aliphatic carbocycles. The number of carbonyl (C=O) groups excluding carboxylic acids is 2. The van der Waals surface area contributed by atoms with Gasteiger partial charge in [0.25, 0.3) is 11.4 Å². The number of nitriles is 2. The van der Waals surface area contributed by atoms with E-state index in [0.29, 0.717) is 55.6 Å². The molecule has 0 spiro atoms. The third-order valence-electron chi connectivity index (χ3n) is 22.7. The number of unbranched alkanes of at least 4 members (excludes halogenated alkanes) is 12. The topological polar surface area (TPSA) is 129 Å². The van der Waals surface area contributed by atoms with Gasteiger partial charge in [-0.15, -0.1) is 45.3 Å². The van der Waals surface area contributed by atoms with E-state index in [9.17, 15) is 20.1 Å². The Hall–Kier alpha value is -10.5. The van der Waals surface area contributed by atoms with Crippen molar-refractivity contribution < 1.29 is 14.2 Å². The summed E-state index contributed by atoms with van der Waals surface area (Å²) in [5.74, 6) is -0.435. The molecular weight excluding hydrogens is 1390 g/mol. The molecule has 7 aromatic carbocycles. The Morgan fingerprint density at radius 2 is 0.776 bits per heavy atom. The largest absolute Gasteiger partial charge is 0.289 e. The van der Waals surface area contributed by atoms with Gasteiger partial charge in [0.2, 0.25) is 0 Å². The van der Waals surface area contributed by atoms with Gasteiger partial charge in [0.05, 0.1) is 60.3 Å². The molecule has 107 heavy (non-hydrogen) atoms. The molecule has 5 aromatic heterocycles. The summed E-state index contributed by atoms with van der Waals surface area (Å²) in [7, 11) is 0. The Morgan fingerprint density at radius 1 is 0.430 bits per heavy atom. The predicted octanol–water partition coefficient (Wildman–Crippen LogP) is 25.9. The molecule has 5 heterocycles. The normalized spacial score (nSPS) is 15.9. The van der Waals surface area contributed by atoms with E-state index in [4.69, 9.17) is 28.1 Å². The maximum absolute atomic E-state index is 14.9. The fourth-order valence-corrected chi connectivity index (χ4v) is 23.0. The van der Waals surface area contributed by atoms with Crippen LogP contribution in [-0.2, 0) is 36.5 Å². The number of ketones is 2. The molecule has 0 amide bonds. The van der Waals surface area contributed by atoms with Crippen molar-refractivity contribution in [3.63, 3.8) is 0 Å². The van der Waals surface area contributed by atoms with Gasteiger partial charge in [-0.05, 0) is 153 Å². The van der Waals surface area contributed by atoms with Crippen molar-refractivity contribution in [2.45, 2.75) is 167 Å². The van der Waals surface area contributed by atoms with Gasteiger partial charge in [0.1, 0.15) is 5.52 Å². The lowest BCUT2D eigenvalue weighted by Crippen LogP contribution is -2.29. The van der Waals surface area contributed by atoms with Crippen LogP contribution in [0.15, 0.2) is 185 Å². The smallest absolute Gasteiger partial charge is 0.270 e. The number of aryl methyl sites for hydroxylation is 4. The second kappa shape index (κ2) is 30.0. The molecule has 0 radical (unpaired) electrons. The molecule has 0 saturated heterocycles. The first-order valence-corrected chi connectivity index (χ1v) is 41.5. The van der Waals surface area contributed by atoms with Gasteiger partial charge in [-0.2, -0.15) is 0 Å². The zero-order valence-corrected chi connectivity index (χ0v) is 64.1. The summed E-state index contributed by atoms with van der Waals surface area (Å²) in [6.07, 6.45) is 26.2. The quantitative estimate of drug-likeness (QED) is 0.0228. The van der Waals surface area contributed by atoms with Gasteiger partial charge in [0, 0.05) is 69.8 Å². The first-order valence-electron chi connectivity index (χ1n) is 38.2. The first-order chi connectivity index (χ1) is 52.6. The molecule has 16 rings (SSSR count). The van der Waals surface area contributed by atoms with Crippen LogP contribution >= 0.6 is 45.3 Å². The van der Waals surface area contributed by atoms with Crippen LogP contribution in [0.3, 0.4) is 0 Å². The molecule has 0 bridgehead atoms. The van der Waals surface area contributed by atoms with Gasteiger partial charge < -0.3 is 0 Å². The third kappa shape index (κ3) is 11.8. The number of fused-ring (bicyclic) bond motifs is 16. The molecule has 9 nitrogen and oxygen atoms in total. The third-order valence-corrected chi connectivity index (χ3v) is 27.6. The van der Waals surface area contributed by atoms with Crippen molar-refractivity contribution in [2.24, 2.45) is 0 Å². The molecule has 0 unspecified atom stereocenters. The van der Waals surface area contributed by atoms with Crippen molar-refractivity contribution in [1.82, 2.24) is 10.3 Å². The maximum Gasteiger partial charge on any atom is 0.270 e. The molecule has 0 aliphatic heterocycles. The predicted molar refractivity (Wildman–Crippen MR) is 440 cm³/mol. The fraction of sp³-hybridized carbons (Fsp3) is 0.277. The Kier molecular flexibility index (Phi) is 19.9. The maximum atomic E-state index is 14.9. The van der Waals surface area contributed by atoms with Gasteiger partial charge in [-0.25, -0.2) is 24.8 Å². The van der Waals surface area contributed by atoms with E-state index in [1.807, 2.05) is 48.6 Å². The van der Waals surface area contributed by atoms with E-state index in [1.54, 1.807) is 57.5 Å². The van der Waals surface area contributed by atoms with Crippen molar-refractivity contribution in [2.75, 3.05) is 0 Å². The van der Waals surface area contributed by atoms with Gasteiger partial charge in [-0.3, -0.25) is 9.59 Å². The van der Waals surface area contributed by atoms with Crippen molar-refractivity contribution in [3.05, 3.63) is 302 Å². The SMILES string of the molecule is [C-]#[N+]/C(C#N)=C1\C(=C\c2cc3c(s2)-c2sc4c(c2C3(c2ccc(CCCCCC)cc2)c2ccc(CCCCCC)cc2)c2nonc2c2sc3c(c24)C(c2ccc(CCCCCC)cc2)(c2ccc(CCCCCC)cc2)c2cc(/C=C4\C(=O)c5ccccc5\C4=C(\C#N)[N+]#[C-])sc2-3)C(=O)c2ccccc21. The summed E-state index contributed by atoms with van der Waals surface area (Å²) >= 11 is 6.79. The fourth-order valence-electron chi connectivity index (χ4n) is 17.5. The molecule has 0 saturated carbocycles. The number of nitrogens with zero attached hydrogens (tertiary/aromatic N) is 6. The standard InChI is InChI=1S/C94H80N6O3S4/c1-7-11-15-19-27-57-35-43-61(44-36-57)93(62-45-37-58(38-46-62)28-20-16-12-8-2)73-53-65(51-71-77(75(55-95)97-5)67-31-23-25-33-69(67)85(71)101)104-87(73)91-81(93)79-83-84(100-103-99-83)90-80(89(79)106-91)82-92(107-90)88-74(54-66(105-88)52-72-78(76(56-96)98-6)68-32-24-26-34-70(68)86(72)102)94(82,63-47-39-59(40-48-63)29-21-17-13-9-3)64-49-41-60(42-50-64)30-22-18-14-10-4/h23-26,31-54H,7-22,27-30H2,1-4H3/b71-51-,72-52-,77-75-,78-76+. The van der Waals surface area contributed by atoms with E-state index < -0.39 is 10.8 Å². The van der Waals surface area contributed by atoms with Crippen molar-refractivity contribution in [1.29, 1.82) is 10.5 Å². The average Bonchev–Trinajstić information content (AvgIpc) is 1.49. The Labute approximate surface area is 642 Å². The number of Topliss-reactive ketones (excluding diaryl/α,β-unsaturated/α-hetero) is 2. The zero-order valence-electron chi connectivity index (χ0n) is 60.8. The molecule has 0 N–H and O–H groups in total. The summed E-state index contributed by atoms with van der Waals surface area (Å²) in [5, 5.41) is 33.3. The Morgan fingerprint density at radius 3 is 1.13 bits per heavy atom. The van der Waals surface area contributed by atoms with Gasteiger partial charge in [0.15, 0.2) is 17.1 Å². The van der Waals surface area contributed by atoms with Crippen LogP contribution in [0.5, 0.6) is 0 Å². The minimum absolute atomic E-state index is 0.120. The van der Waals surface area contributed by atoms with Crippen LogP contribution in [0.4, 0.5) is 0 Å². The lowest BCUT2D eigenvalue weighted by Gasteiger charge is -2.34. The van der Waals surface area contributed by atoms with E-state index in [2.05, 4.69) is 159 Å². The van der Waals surface area contributed by atoms with E-state index >= 15 is 0 Å². The lowest BCUT2D eigenvalue weighted by molar-refractivity contribution is 0.103. The highest BCUT2D eigenvalue weighted by atomic mass is 32.1. The molecular formula is C94H80N6O3S4. The molecule has 4 aliphatic rings. The monoisotopic (exact) mass is 1470 g/mol. The van der Waals surface area contributed by atoms with Crippen LogP contribution < -0.4 is 0 Å². The van der Waals surface area contributed by atoms with Crippen LogP contribution in [0.2, 0.25) is 0 Å². The summed E-state index contributed by atoms with van der Waals surface area (Å²) in [5.41, 5.74) is 16.6. The second-order valence-corrected chi connectivity index (χ2v) is 33.3. The number of hydrogen-bond donors (Lipinski definition) is 0. The summed E-state index contributed by atoms with van der Waals surface area (Å²) in [6.45, 7) is 25.5. The highest BCUT2D eigenvalue weighted by molar-refractivity contribution is 7.30. The number of aromatic nitrogens is 2. The number of hydrogen-bond acceptors (Lipinski definition) is 11. The van der Waals surface area contributed by atoms with Gasteiger partial charge in [-0.1, -0.05) is 250 Å². The minimum atomic E-state index is -0.979. The first kappa shape index (κ1) is 70.8. The summed E-state index contributed by atoms with van der Waals surface area (Å²) < 4.78 is 8.20. The number of benzene rings is 7. The number of carbonyl (C=O) groups is 2. The minimum Gasteiger partial charge on any atom is -0.289 e. The lowest BCUT2D eigenvalue weighted by atomic mass is 9.66. The van der Waals surface area contributed by atoms with Crippen molar-refractivity contribution >= 4 is 111 Å². The number of thiophene rings is 4. The van der Waals surface area contributed by atoms with E-state index in [1.165, 1.54) is 47.9 Å². The summed E-state index contributed by atoms with van der Waals surface area (Å²) in [4.78, 5) is 43.2. The van der Waals surface area contributed by atoms with Crippen molar-refractivity contribution in [3.8, 4) is 31.6 Å². The van der Waals surface area contributed by atoms with Crippen LogP contribution in [0.25, 0.3) is 83.7 Å². The molecule has 0 fully saturated rings. The molecule has 0 atom stereocenters.